The molecule has 2 aromatic rings. The second-order valence-electron chi connectivity index (χ2n) is 6.06. The van der Waals surface area contributed by atoms with Gasteiger partial charge in [0, 0.05) is 12.2 Å². The summed E-state index contributed by atoms with van der Waals surface area (Å²) in [4.78, 5) is 6.65. The Labute approximate surface area is 143 Å². The number of hydrogen-bond donors (Lipinski definition) is 1. The monoisotopic (exact) mass is 345 g/mol. The molecule has 1 aromatic heterocycles. The SMILES string of the molecule is CCCCS(=O)(=O)Nc1ccc(N2CCCc3ccccc32)nc1. The van der Waals surface area contributed by atoms with Crippen molar-refractivity contribution in [3.63, 3.8) is 0 Å². The van der Waals surface area contributed by atoms with Gasteiger partial charge in [0.2, 0.25) is 10.0 Å². The first kappa shape index (κ1) is 16.8. The highest BCUT2D eigenvalue weighted by atomic mass is 32.2. The Kier molecular flexibility index (Phi) is 5.04. The zero-order chi connectivity index (χ0) is 17.0. The average Bonchev–Trinajstić information content (AvgIpc) is 2.60. The Morgan fingerprint density at radius 3 is 2.79 bits per heavy atom. The lowest BCUT2D eigenvalue weighted by Crippen LogP contribution is -2.25. The van der Waals surface area contributed by atoms with E-state index in [0.29, 0.717) is 12.1 Å². The molecule has 1 aliphatic rings. The number of pyridine rings is 1. The van der Waals surface area contributed by atoms with Crippen LogP contribution in [-0.4, -0.2) is 25.7 Å². The summed E-state index contributed by atoms with van der Waals surface area (Å²) in [5, 5.41) is 0. The van der Waals surface area contributed by atoms with Crippen molar-refractivity contribution in [2.24, 2.45) is 0 Å². The first-order valence-electron chi connectivity index (χ1n) is 8.41. The Morgan fingerprint density at radius 2 is 2.04 bits per heavy atom. The minimum atomic E-state index is -3.29. The van der Waals surface area contributed by atoms with E-state index in [1.54, 1.807) is 12.3 Å². The molecule has 0 spiro atoms. The number of sulfonamides is 1. The molecule has 3 rings (SSSR count). The molecule has 0 unspecified atom stereocenters. The van der Waals surface area contributed by atoms with Crippen LogP contribution in [0.15, 0.2) is 42.6 Å². The summed E-state index contributed by atoms with van der Waals surface area (Å²) in [6.07, 6.45) is 5.28. The standard InChI is InChI=1S/C18H23N3O2S/c1-2-3-13-24(22,23)20-16-10-11-18(19-14-16)21-12-6-8-15-7-4-5-9-17(15)21/h4-5,7,9-11,14,20H,2-3,6,8,12-13H2,1H3. The van der Waals surface area contributed by atoms with Gasteiger partial charge < -0.3 is 4.90 Å². The van der Waals surface area contributed by atoms with Gasteiger partial charge in [0.1, 0.15) is 5.82 Å². The van der Waals surface area contributed by atoms with Crippen LogP contribution in [-0.2, 0) is 16.4 Å². The smallest absolute Gasteiger partial charge is 0.232 e. The highest BCUT2D eigenvalue weighted by Gasteiger charge is 2.18. The van der Waals surface area contributed by atoms with Crippen LogP contribution >= 0.6 is 0 Å². The second-order valence-corrected chi connectivity index (χ2v) is 7.91. The molecule has 1 aliphatic heterocycles. The van der Waals surface area contributed by atoms with E-state index in [4.69, 9.17) is 0 Å². The zero-order valence-corrected chi connectivity index (χ0v) is 14.7. The lowest BCUT2D eigenvalue weighted by molar-refractivity contribution is 0.598. The number of aryl methyl sites for hydroxylation is 1. The van der Waals surface area contributed by atoms with Gasteiger partial charge >= 0.3 is 0 Å². The van der Waals surface area contributed by atoms with E-state index in [-0.39, 0.29) is 5.75 Å². The topological polar surface area (TPSA) is 62.3 Å². The molecule has 0 saturated carbocycles. The molecule has 1 aromatic carbocycles. The molecular formula is C18H23N3O2S. The average molecular weight is 345 g/mol. The third-order valence-electron chi connectivity index (χ3n) is 4.17. The molecule has 0 bridgehead atoms. The van der Waals surface area contributed by atoms with E-state index >= 15 is 0 Å². The van der Waals surface area contributed by atoms with Crippen LogP contribution in [0.4, 0.5) is 17.2 Å². The fourth-order valence-electron chi connectivity index (χ4n) is 2.94. The fraction of sp³-hybridized carbons (Fsp3) is 0.389. The number of nitrogens with one attached hydrogen (secondary N) is 1. The molecule has 2 heterocycles. The van der Waals surface area contributed by atoms with Crippen LogP contribution < -0.4 is 9.62 Å². The summed E-state index contributed by atoms with van der Waals surface area (Å²) in [6.45, 7) is 2.90. The zero-order valence-electron chi connectivity index (χ0n) is 13.9. The minimum absolute atomic E-state index is 0.144. The number of anilines is 3. The van der Waals surface area contributed by atoms with E-state index in [9.17, 15) is 8.42 Å². The van der Waals surface area contributed by atoms with E-state index in [1.807, 2.05) is 19.1 Å². The van der Waals surface area contributed by atoms with E-state index in [0.717, 1.165) is 31.6 Å². The van der Waals surface area contributed by atoms with Crippen LogP contribution in [0.25, 0.3) is 0 Å². The van der Waals surface area contributed by atoms with Crippen LogP contribution in [0.3, 0.4) is 0 Å². The van der Waals surface area contributed by atoms with Gasteiger partial charge in [-0.2, -0.15) is 0 Å². The number of rotatable bonds is 6. The van der Waals surface area contributed by atoms with Crippen LogP contribution in [0.1, 0.15) is 31.7 Å². The van der Waals surface area contributed by atoms with E-state index < -0.39 is 10.0 Å². The number of nitrogens with zero attached hydrogens (tertiary/aromatic N) is 2. The Balaban J connectivity index is 1.76. The number of aromatic nitrogens is 1. The number of unbranched alkanes of at least 4 members (excludes halogenated alkanes) is 1. The Bertz CT molecular complexity index is 788. The molecule has 1 N–H and O–H groups in total. The van der Waals surface area contributed by atoms with Crippen LogP contribution in [0.5, 0.6) is 0 Å². The highest BCUT2D eigenvalue weighted by Crippen LogP contribution is 2.32. The molecule has 0 radical (unpaired) electrons. The molecule has 6 heteroatoms. The van der Waals surface area contributed by atoms with Crippen molar-refractivity contribution in [3.05, 3.63) is 48.2 Å². The van der Waals surface area contributed by atoms with Crippen LogP contribution in [0.2, 0.25) is 0 Å². The van der Waals surface area contributed by atoms with Gasteiger partial charge in [0.25, 0.3) is 0 Å². The number of benzene rings is 1. The Morgan fingerprint density at radius 1 is 1.21 bits per heavy atom. The molecule has 5 nitrogen and oxygen atoms in total. The van der Waals surface area contributed by atoms with Gasteiger partial charge in [-0.15, -0.1) is 0 Å². The lowest BCUT2D eigenvalue weighted by atomic mass is 10.0. The molecule has 24 heavy (non-hydrogen) atoms. The third-order valence-corrected chi connectivity index (χ3v) is 5.55. The number of hydrogen-bond acceptors (Lipinski definition) is 4. The summed E-state index contributed by atoms with van der Waals surface area (Å²) in [5.41, 5.74) is 3.03. The molecule has 128 valence electrons. The predicted octanol–water partition coefficient (Wildman–Crippen LogP) is 3.71. The van der Waals surface area contributed by atoms with Gasteiger partial charge in [-0.05, 0) is 43.0 Å². The van der Waals surface area contributed by atoms with Crippen molar-refractivity contribution in [1.29, 1.82) is 0 Å². The predicted molar refractivity (Wildman–Crippen MR) is 98.3 cm³/mol. The molecule has 0 atom stereocenters. The summed E-state index contributed by atoms with van der Waals surface area (Å²) < 4.78 is 26.5. The normalized spacial score (nSPS) is 14.3. The van der Waals surface area contributed by atoms with E-state index in [2.05, 4.69) is 32.8 Å². The van der Waals surface area contributed by atoms with Crippen LogP contribution in [0, 0.1) is 0 Å². The molecule has 0 aliphatic carbocycles. The maximum absolute atomic E-state index is 12.0. The van der Waals surface area contributed by atoms with Crippen molar-refractivity contribution in [3.8, 4) is 0 Å². The lowest BCUT2D eigenvalue weighted by Gasteiger charge is -2.30. The van der Waals surface area contributed by atoms with Gasteiger partial charge in [-0.3, -0.25) is 4.72 Å². The summed E-state index contributed by atoms with van der Waals surface area (Å²) in [6, 6.07) is 12.0. The maximum Gasteiger partial charge on any atom is 0.232 e. The quantitative estimate of drug-likeness (QED) is 0.867. The number of para-hydroxylation sites is 1. The van der Waals surface area contributed by atoms with Crippen molar-refractivity contribution in [1.82, 2.24) is 4.98 Å². The third kappa shape index (κ3) is 3.87. The molecular weight excluding hydrogens is 322 g/mol. The van der Waals surface area contributed by atoms with Gasteiger partial charge in [-0.25, -0.2) is 13.4 Å². The van der Waals surface area contributed by atoms with Gasteiger partial charge in [-0.1, -0.05) is 31.5 Å². The van der Waals surface area contributed by atoms with Gasteiger partial charge in [0.05, 0.1) is 17.6 Å². The largest absolute Gasteiger partial charge is 0.326 e. The second kappa shape index (κ2) is 7.21. The summed E-state index contributed by atoms with van der Waals surface area (Å²) in [5.74, 6) is 0.990. The Hall–Kier alpha value is -2.08. The van der Waals surface area contributed by atoms with E-state index in [1.165, 1.54) is 11.3 Å². The van der Waals surface area contributed by atoms with Crippen molar-refractivity contribution in [2.75, 3.05) is 21.9 Å². The summed E-state index contributed by atoms with van der Waals surface area (Å²) >= 11 is 0. The maximum atomic E-state index is 12.0. The highest BCUT2D eigenvalue weighted by molar-refractivity contribution is 7.92. The van der Waals surface area contributed by atoms with Crippen molar-refractivity contribution < 1.29 is 8.42 Å². The minimum Gasteiger partial charge on any atom is -0.326 e. The molecule has 0 fully saturated rings. The fourth-order valence-corrected chi connectivity index (χ4v) is 4.19. The van der Waals surface area contributed by atoms with Crippen molar-refractivity contribution in [2.45, 2.75) is 32.6 Å². The summed E-state index contributed by atoms with van der Waals surface area (Å²) in [7, 11) is -3.29. The first-order chi connectivity index (χ1) is 11.6. The number of fused-ring (bicyclic) bond motifs is 1. The molecule has 0 saturated heterocycles. The first-order valence-corrected chi connectivity index (χ1v) is 10.1. The molecule has 0 amide bonds. The van der Waals surface area contributed by atoms with Gasteiger partial charge in [0.15, 0.2) is 0 Å². The van der Waals surface area contributed by atoms with Crippen molar-refractivity contribution >= 4 is 27.2 Å².